The van der Waals surface area contributed by atoms with Gasteiger partial charge in [-0.15, -0.1) is 0 Å². The van der Waals surface area contributed by atoms with Gasteiger partial charge in [-0.2, -0.15) is 5.26 Å². The molecule has 0 unspecified atom stereocenters. The number of urea groups is 1. The first kappa shape index (κ1) is 16.3. The van der Waals surface area contributed by atoms with Crippen LogP contribution in [0.25, 0.3) is 0 Å². The lowest BCUT2D eigenvalue weighted by atomic mass is 9.89. The average molecular weight is 328 g/mol. The summed E-state index contributed by atoms with van der Waals surface area (Å²) in [5, 5.41) is 13.1. The third kappa shape index (κ3) is 3.19. The predicted octanol–water partition coefficient (Wildman–Crippen LogP) is 2.11. The van der Waals surface area contributed by atoms with Crippen molar-refractivity contribution in [2.45, 2.75) is 31.8 Å². The first-order valence-electron chi connectivity index (χ1n) is 8.11. The summed E-state index contributed by atoms with van der Waals surface area (Å²) in [6, 6.07) is 8.66. The van der Waals surface area contributed by atoms with Crippen molar-refractivity contribution in [3.63, 3.8) is 0 Å². The molecule has 0 atom stereocenters. The van der Waals surface area contributed by atoms with Crippen LogP contribution in [0.2, 0.25) is 0 Å². The Balaban J connectivity index is 1.58. The highest BCUT2D eigenvalue weighted by Gasteiger charge is 2.46. The van der Waals surface area contributed by atoms with Gasteiger partial charge < -0.3 is 10.2 Å². The second-order valence-electron chi connectivity index (χ2n) is 6.15. The average Bonchev–Trinajstić information content (AvgIpc) is 2.91. The molecular weight excluding hydrogens is 308 g/mol. The lowest BCUT2D eigenvalue weighted by molar-refractivity contribution is -0.206. The first-order valence-corrected chi connectivity index (χ1v) is 8.11. The zero-order valence-electron chi connectivity index (χ0n) is 13.6. The lowest BCUT2D eigenvalue weighted by Crippen LogP contribution is -2.48. The van der Waals surface area contributed by atoms with E-state index in [0.29, 0.717) is 50.1 Å². The molecule has 2 heterocycles. The monoisotopic (exact) mass is 328 g/mol. The number of nitrogens with one attached hydrogen (secondary N) is 1. The third-order valence-electron chi connectivity index (χ3n) is 4.55. The minimum absolute atomic E-state index is 0.0173. The summed E-state index contributed by atoms with van der Waals surface area (Å²) in [6.45, 7) is 3.50. The summed E-state index contributed by atoms with van der Waals surface area (Å²) < 4.78 is 0. The summed E-state index contributed by atoms with van der Waals surface area (Å²) in [5.74, 6) is 0.0173. The Morgan fingerprint density at radius 1 is 1.42 bits per heavy atom. The second kappa shape index (κ2) is 6.49. The van der Waals surface area contributed by atoms with Crippen LogP contribution in [0, 0.1) is 11.3 Å². The number of nitrogens with zero attached hydrogens (tertiary/aromatic N) is 3. The summed E-state index contributed by atoms with van der Waals surface area (Å²) in [5.41, 5.74) is 0.650. The maximum absolute atomic E-state index is 12.4. The zero-order chi connectivity index (χ0) is 17.2. The van der Waals surface area contributed by atoms with Crippen LogP contribution in [0.4, 0.5) is 10.5 Å². The van der Waals surface area contributed by atoms with Crippen LogP contribution in [0.3, 0.4) is 0 Å². The Morgan fingerprint density at radius 2 is 2.17 bits per heavy atom. The maximum atomic E-state index is 12.4. The van der Waals surface area contributed by atoms with Gasteiger partial charge in [-0.25, -0.2) is 9.86 Å². The molecular formula is C17H20N4O3. The van der Waals surface area contributed by atoms with Crippen molar-refractivity contribution < 1.29 is 14.4 Å². The van der Waals surface area contributed by atoms with Crippen molar-refractivity contribution in [1.29, 1.82) is 5.26 Å². The largest absolute Gasteiger partial charge is 0.324 e. The number of likely N-dealkylation sites (tertiary alicyclic amines) is 1. The number of amides is 3. The SMILES string of the molecule is CCN1OC2(CCN(C(=O)Nc3cccc(C#N)c3)CC2)CC1=O. The van der Waals surface area contributed by atoms with Gasteiger partial charge in [0.25, 0.3) is 0 Å². The Kier molecular flexibility index (Phi) is 4.40. The smallest absolute Gasteiger partial charge is 0.321 e. The van der Waals surface area contributed by atoms with Crippen molar-refractivity contribution >= 4 is 17.6 Å². The molecule has 126 valence electrons. The topological polar surface area (TPSA) is 85.7 Å². The number of anilines is 1. The summed E-state index contributed by atoms with van der Waals surface area (Å²) in [6.07, 6.45) is 1.67. The standard InChI is InChI=1S/C17H20N4O3/c1-2-21-15(22)11-17(24-21)6-8-20(9-7-17)16(23)19-14-5-3-4-13(10-14)12-18/h3-5,10H,2,6-9,11H2,1H3,(H,19,23). The van der Waals surface area contributed by atoms with Crippen molar-refractivity contribution in [3.8, 4) is 6.07 Å². The molecule has 0 aromatic heterocycles. The van der Waals surface area contributed by atoms with Crippen LogP contribution in [-0.2, 0) is 9.63 Å². The van der Waals surface area contributed by atoms with Crippen molar-refractivity contribution in [1.82, 2.24) is 9.96 Å². The highest BCUT2D eigenvalue weighted by Crippen LogP contribution is 2.36. The molecule has 1 N–H and O–H groups in total. The molecule has 7 nitrogen and oxygen atoms in total. The van der Waals surface area contributed by atoms with E-state index in [0.717, 1.165) is 0 Å². The van der Waals surface area contributed by atoms with Crippen LogP contribution in [0.15, 0.2) is 24.3 Å². The van der Waals surface area contributed by atoms with Crippen molar-refractivity contribution in [3.05, 3.63) is 29.8 Å². The van der Waals surface area contributed by atoms with E-state index in [2.05, 4.69) is 5.32 Å². The van der Waals surface area contributed by atoms with E-state index in [1.165, 1.54) is 5.06 Å². The molecule has 2 saturated heterocycles. The summed E-state index contributed by atoms with van der Waals surface area (Å²) in [7, 11) is 0. The predicted molar refractivity (Wildman–Crippen MR) is 86.8 cm³/mol. The van der Waals surface area contributed by atoms with Crippen LogP contribution in [0.5, 0.6) is 0 Å². The molecule has 0 aliphatic carbocycles. The molecule has 7 heteroatoms. The van der Waals surface area contributed by atoms with E-state index in [1.807, 2.05) is 13.0 Å². The van der Waals surface area contributed by atoms with Gasteiger partial charge in [-0.3, -0.25) is 9.63 Å². The molecule has 1 aromatic carbocycles. The van der Waals surface area contributed by atoms with E-state index in [1.54, 1.807) is 29.2 Å². The molecule has 24 heavy (non-hydrogen) atoms. The Morgan fingerprint density at radius 3 is 2.79 bits per heavy atom. The number of carbonyl (C=O) groups is 2. The van der Waals surface area contributed by atoms with Crippen LogP contribution in [0.1, 0.15) is 31.7 Å². The second-order valence-corrected chi connectivity index (χ2v) is 6.15. The quantitative estimate of drug-likeness (QED) is 0.901. The zero-order valence-corrected chi connectivity index (χ0v) is 13.6. The van der Waals surface area contributed by atoms with Crippen molar-refractivity contribution in [2.75, 3.05) is 25.0 Å². The van der Waals surface area contributed by atoms with Crippen LogP contribution in [-0.4, -0.2) is 47.1 Å². The fourth-order valence-electron chi connectivity index (χ4n) is 3.18. The van der Waals surface area contributed by atoms with Gasteiger partial charge in [-0.1, -0.05) is 6.07 Å². The molecule has 2 aliphatic heterocycles. The first-order chi connectivity index (χ1) is 11.5. The molecule has 0 bridgehead atoms. The number of piperidine rings is 1. The minimum Gasteiger partial charge on any atom is -0.324 e. The molecule has 2 fully saturated rings. The highest BCUT2D eigenvalue weighted by molar-refractivity contribution is 5.89. The summed E-state index contributed by atoms with van der Waals surface area (Å²) >= 11 is 0. The Hall–Kier alpha value is -2.59. The van der Waals surface area contributed by atoms with Gasteiger partial charge in [0.15, 0.2) is 0 Å². The summed E-state index contributed by atoms with van der Waals surface area (Å²) in [4.78, 5) is 31.8. The number of carbonyl (C=O) groups excluding carboxylic acids is 2. The van der Waals surface area contributed by atoms with Gasteiger partial charge in [0.05, 0.1) is 18.1 Å². The van der Waals surface area contributed by atoms with Gasteiger partial charge in [0, 0.05) is 25.3 Å². The Bertz CT molecular complexity index is 689. The van der Waals surface area contributed by atoms with Crippen LogP contribution < -0.4 is 5.32 Å². The fourth-order valence-corrected chi connectivity index (χ4v) is 3.18. The molecule has 1 spiro atoms. The lowest BCUT2D eigenvalue weighted by Gasteiger charge is -2.37. The van der Waals surface area contributed by atoms with E-state index in [9.17, 15) is 9.59 Å². The van der Waals surface area contributed by atoms with E-state index < -0.39 is 5.60 Å². The number of benzene rings is 1. The number of hydroxylamine groups is 2. The maximum Gasteiger partial charge on any atom is 0.321 e. The number of nitriles is 1. The molecule has 0 saturated carbocycles. The highest BCUT2D eigenvalue weighted by atomic mass is 16.7. The van der Waals surface area contributed by atoms with Gasteiger partial charge in [0.2, 0.25) is 5.91 Å². The van der Waals surface area contributed by atoms with Gasteiger partial charge >= 0.3 is 6.03 Å². The minimum atomic E-state index is -0.454. The molecule has 3 amide bonds. The Labute approximate surface area is 140 Å². The van der Waals surface area contributed by atoms with E-state index in [4.69, 9.17) is 10.1 Å². The molecule has 2 aliphatic rings. The molecule has 3 rings (SSSR count). The number of hydrogen-bond acceptors (Lipinski definition) is 4. The number of rotatable bonds is 2. The third-order valence-corrected chi connectivity index (χ3v) is 4.55. The number of hydrogen-bond donors (Lipinski definition) is 1. The van der Waals surface area contributed by atoms with Gasteiger partial charge in [0.1, 0.15) is 5.60 Å². The van der Waals surface area contributed by atoms with Gasteiger partial charge in [-0.05, 0) is 38.0 Å². The van der Waals surface area contributed by atoms with Crippen LogP contribution >= 0.6 is 0 Å². The molecule has 1 aromatic rings. The molecule has 0 radical (unpaired) electrons. The normalized spacial score (nSPS) is 19.4. The fraction of sp³-hybridized carbons (Fsp3) is 0.471. The van der Waals surface area contributed by atoms with Crippen molar-refractivity contribution in [2.24, 2.45) is 0 Å². The van der Waals surface area contributed by atoms with E-state index in [-0.39, 0.29) is 11.9 Å². The van der Waals surface area contributed by atoms with E-state index >= 15 is 0 Å².